The predicted octanol–water partition coefficient (Wildman–Crippen LogP) is 5.79. The van der Waals surface area contributed by atoms with Gasteiger partial charge in [-0.05, 0) is 47.5 Å². The van der Waals surface area contributed by atoms with E-state index in [4.69, 9.17) is 16.3 Å². The first-order valence-corrected chi connectivity index (χ1v) is 10.9. The Hall–Kier alpha value is -4.14. The van der Waals surface area contributed by atoms with Crippen molar-refractivity contribution < 1.29 is 14.3 Å². The third kappa shape index (κ3) is 3.89. The van der Waals surface area contributed by atoms with Gasteiger partial charge in [0.05, 0.1) is 24.8 Å². The number of amides is 1. The SMILES string of the molecule is C=C(C(=O)OC)C(c1ccccc1)C1(C#N)C=Cc2ccccc2N1C(=O)c1ccc(Cl)cc1. The molecule has 0 spiro atoms. The number of rotatable bonds is 5. The van der Waals surface area contributed by atoms with E-state index in [0.29, 0.717) is 21.8 Å². The van der Waals surface area contributed by atoms with Crippen molar-refractivity contribution in [3.8, 4) is 6.07 Å². The third-order valence-electron chi connectivity index (χ3n) is 5.91. The lowest BCUT2D eigenvalue weighted by atomic mass is 9.72. The van der Waals surface area contributed by atoms with Crippen LogP contribution in [0.2, 0.25) is 5.02 Å². The highest BCUT2D eigenvalue weighted by molar-refractivity contribution is 6.30. The number of nitrogens with zero attached hydrogens (tertiary/aromatic N) is 2. The lowest BCUT2D eigenvalue weighted by Crippen LogP contribution is -2.56. The standard InChI is InChI=1S/C28H21ClN2O3/c1-19(27(33)34-2)25(21-9-4-3-5-10-21)28(18-30)17-16-20-8-6-7-11-24(20)31(28)26(32)22-12-14-23(29)15-13-22/h3-17,25H,1H2,2H3. The molecule has 0 saturated carbocycles. The monoisotopic (exact) mass is 468 g/mol. The number of para-hydroxylation sites is 1. The van der Waals surface area contributed by atoms with Crippen LogP contribution in [-0.2, 0) is 9.53 Å². The molecule has 168 valence electrons. The Morgan fingerprint density at radius 3 is 2.32 bits per heavy atom. The van der Waals surface area contributed by atoms with Gasteiger partial charge < -0.3 is 4.74 Å². The molecule has 3 aromatic rings. The Morgan fingerprint density at radius 1 is 1.03 bits per heavy atom. The molecule has 2 unspecified atom stereocenters. The summed E-state index contributed by atoms with van der Waals surface area (Å²) in [5.41, 5.74) is 0.781. The van der Waals surface area contributed by atoms with Crippen molar-refractivity contribution >= 4 is 35.2 Å². The van der Waals surface area contributed by atoms with Crippen LogP contribution >= 0.6 is 11.6 Å². The first-order valence-electron chi connectivity index (χ1n) is 10.5. The van der Waals surface area contributed by atoms with Crippen LogP contribution in [-0.4, -0.2) is 24.5 Å². The van der Waals surface area contributed by atoms with Gasteiger partial charge in [-0.2, -0.15) is 5.26 Å². The second-order valence-electron chi connectivity index (χ2n) is 7.84. The number of halogens is 1. The van der Waals surface area contributed by atoms with Gasteiger partial charge in [-0.25, -0.2) is 4.79 Å². The molecule has 0 aliphatic carbocycles. The minimum Gasteiger partial charge on any atom is -0.466 e. The molecule has 1 amide bonds. The van der Waals surface area contributed by atoms with Crippen molar-refractivity contribution in [1.82, 2.24) is 0 Å². The van der Waals surface area contributed by atoms with E-state index < -0.39 is 23.3 Å². The summed E-state index contributed by atoms with van der Waals surface area (Å²) in [6.45, 7) is 3.99. The zero-order chi connectivity index (χ0) is 24.3. The number of anilines is 1. The van der Waals surface area contributed by atoms with Gasteiger partial charge in [0.15, 0.2) is 5.54 Å². The highest BCUT2D eigenvalue weighted by atomic mass is 35.5. The maximum absolute atomic E-state index is 14.0. The summed E-state index contributed by atoms with van der Waals surface area (Å²) in [4.78, 5) is 28.1. The number of hydrogen-bond donors (Lipinski definition) is 0. The van der Waals surface area contributed by atoms with Crippen LogP contribution in [0.25, 0.3) is 6.08 Å². The lowest BCUT2D eigenvalue weighted by Gasteiger charge is -2.45. The fourth-order valence-corrected chi connectivity index (χ4v) is 4.44. The molecule has 1 heterocycles. The number of fused-ring (bicyclic) bond motifs is 1. The number of nitriles is 1. The Kier molecular flexibility index (Phi) is 6.36. The summed E-state index contributed by atoms with van der Waals surface area (Å²) in [7, 11) is 1.26. The summed E-state index contributed by atoms with van der Waals surface area (Å²) in [6.07, 6.45) is 3.46. The highest BCUT2D eigenvalue weighted by Gasteiger charge is 2.51. The van der Waals surface area contributed by atoms with Crippen LogP contribution in [0.4, 0.5) is 5.69 Å². The van der Waals surface area contributed by atoms with E-state index in [2.05, 4.69) is 12.6 Å². The van der Waals surface area contributed by atoms with E-state index in [1.54, 1.807) is 60.7 Å². The van der Waals surface area contributed by atoms with E-state index >= 15 is 0 Å². The normalized spacial score (nSPS) is 17.3. The van der Waals surface area contributed by atoms with E-state index in [9.17, 15) is 14.9 Å². The Morgan fingerprint density at radius 2 is 1.68 bits per heavy atom. The van der Waals surface area contributed by atoms with Gasteiger partial charge in [-0.1, -0.05) is 72.8 Å². The molecule has 0 saturated heterocycles. The minimum absolute atomic E-state index is 0.0631. The molecular formula is C28H21ClN2O3. The molecule has 34 heavy (non-hydrogen) atoms. The van der Waals surface area contributed by atoms with Gasteiger partial charge >= 0.3 is 5.97 Å². The van der Waals surface area contributed by atoms with Gasteiger partial charge in [-0.3, -0.25) is 9.69 Å². The molecule has 0 bridgehead atoms. The van der Waals surface area contributed by atoms with E-state index in [1.165, 1.54) is 12.0 Å². The number of methoxy groups -OCH3 is 1. The number of hydrogen-bond acceptors (Lipinski definition) is 4. The molecule has 5 nitrogen and oxygen atoms in total. The van der Waals surface area contributed by atoms with Gasteiger partial charge in [-0.15, -0.1) is 0 Å². The van der Waals surface area contributed by atoms with Crippen LogP contribution in [0.5, 0.6) is 0 Å². The Bertz CT molecular complexity index is 1330. The summed E-state index contributed by atoms with van der Waals surface area (Å²) in [6, 6.07) is 25.2. The summed E-state index contributed by atoms with van der Waals surface area (Å²) < 4.78 is 4.97. The van der Waals surface area contributed by atoms with Crippen molar-refractivity contribution in [3.63, 3.8) is 0 Å². The largest absolute Gasteiger partial charge is 0.466 e. The maximum atomic E-state index is 14.0. The van der Waals surface area contributed by atoms with Crippen molar-refractivity contribution in [2.75, 3.05) is 12.0 Å². The smallest absolute Gasteiger partial charge is 0.333 e. The number of carbonyl (C=O) groups is 2. The number of ether oxygens (including phenoxy) is 1. The quantitative estimate of drug-likeness (QED) is 0.351. The van der Waals surface area contributed by atoms with E-state index in [1.807, 2.05) is 30.3 Å². The van der Waals surface area contributed by atoms with Crippen LogP contribution in [0.1, 0.15) is 27.4 Å². The second-order valence-corrected chi connectivity index (χ2v) is 8.27. The van der Waals surface area contributed by atoms with E-state index in [0.717, 1.165) is 5.56 Å². The zero-order valence-corrected chi connectivity index (χ0v) is 19.2. The summed E-state index contributed by atoms with van der Waals surface area (Å²) in [5, 5.41) is 11.2. The molecule has 1 aliphatic heterocycles. The van der Waals surface area contributed by atoms with E-state index in [-0.39, 0.29) is 5.57 Å². The molecule has 0 N–H and O–H groups in total. The average molecular weight is 469 g/mol. The molecule has 1 aliphatic rings. The average Bonchev–Trinajstić information content (AvgIpc) is 2.88. The molecule has 4 rings (SSSR count). The van der Waals surface area contributed by atoms with Gasteiger partial charge in [0.2, 0.25) is 0 Å². The lowest BCUT2D eigenvalue weighted by molar-refractivity contribution is -0.136. The van der Waals surface area contributed by atoms with Gasteiger partial charge in [0, 0.05) is 16.2 Å². The molecular weight excluding hydrogens is 448 g/mol. The van der Waals surface area contributed by atoms with Crippen LogP contribution in [0.15, 0.2) is 97.1 Å². The van der Waals surface area contributed by atoms with Crippen molar-refractivity contribution in [2.24, 2.45) is 0 Å². The fraction of sp³-hybridized carbons (Fsp3) is 0.107. The van der Waals surface area contributed by atoms with Crippen molar-refractivity contribution in [2.45, 2.75) is 11.5 Å². The second kappa shape index (κ2) is 9.38. The topological polar surface area (TPSA) is 70.4 Å². The molecule has 0 aromatic heterocycles. The van der Waals surface area contributed by atoms with Crippen LogP contribution in [0, 0.1) is 11.3 Å². The number of esters is 1. The van der Waals surface area contributed by atoms with Crippen molar-refractivity contribution in [3.05, 3.63) is 119 Å². The molecule has 3 aromatic carbocycles. The first kappa shape index (κ1) is 23.0. The van der Waals surface area contributed by atoms with Crippen LogP contribution in [0.3, 0.4) is 0 Å². The Labute approximate surface area is 203 Å². The Balaban J connectivity index is 1.99. The first-order chi connectivity index (χ1) is 16.4. The van der Waals surface area contributed by atoms with Gasteiger partial charge in [0.1, 0.15) is 0 Å². The van der Waals surface area contributed by atoms with Crippen molar-refractivity contribution in [1.29, 1.82) is 5.26 Å². The summed E-state index contributed by atoms with van der Waals surface area (Å²) >= 11 is 6.04. The molecule has 0 fully saturated rings. The minimum atomic E-state index is -1.60. The third-order valence-corrected chi connectivity index (χ3v) is 6.16. The molecule has 0 radical (unpaired) electrons. The number of benzene rings is 3. The van der Waals surface area contributed by atoms with Gasteiger partial charge in [0.25, 0.3) is 5.91 Å². The molecule has 2 atom stereocenters. The number of carbonyl (C=O) groups excluding carboxylic acids is 2. The predicted molar refractivity (Wildman–Crippen MR) is 132 cm³/mol. The summed E-state index contributed by atoms with van der Waals surface area (Å²) in [5.74, 6) is -1.96. The van der Waals surface area contributed by atoms with Crippen LogP contribution < -0.4 is 4.90 Å². The highest BCUT2D eigenvalue weighted by Crippen LogP contribution is 2.46. The molecule has 6 heteroatoms. The maximum Gasteiger partial charge on any atom is 0.333 e. The fourth-order valence-electron chi connectivity index (χ4n) is 4.31. The zero-order valence-electron chi connectivity index (χ0n) is 18.4.